The molecule has 9 atom stereocenters. The van der Waals surface area contributed by atoms with Crippen molar-refractivity contribution >= 4 is 5.91 Å². The molecule has 0 aromatic carbocycles. The Balaban J connectivity index is 1.05. The summed E-state index contributed by atoms with van der Waals surface area (Å²) in [5.41, 5.74) is 2.29. The number of hydrogen-bond acceptors (Lipinski definition) is 4. The van der Waals surface area contributed by atoms with Crippen LogP contribution in [0.15, 0.2) is 36.2 Å². The molecule has 0 unspecified atom stereocenters. The SMILES string of the molecule is C[C@H](CCC(=O)N1CCC[C@H](Oc2ccncc2)C1)[C@H]1CC[C@H]2[C@@H]3CC=C4C[C@@H](O)CC[C@]4(C)[C@H]3CC[C@]12C. The molecule has 0 spiro atoms. The van der Waals surface area contributed by atoms with Crippen molar-refractivity contribution in [1.82, 2.24) is 9.88 Å². The zero-order valence-electron chi connectivity index (χ0n) is 24.5. The van der Waals surface area contributed by atoms with E-state index in [1.807, 2.05) is 12.1 Å². The highest BCUT2D eigenvalue weighted by Gasteiger charge is 2.59. The van der Waals surface area contributed by atoms with E-state index in [2.05, 4.69) is 36.7 Å². The minimum atomic E-state index is -0.126. The number of aliphatic hydroxyl groups excluding tert-OH is 1. The van der Waals surface area contributed by atoms with Crippen LogP contribution in [0.4, 0.5) is 0 Å². The predicted molar refractivity (Wildman–Crippen MR) is 154 cm³/mol. The van der Waals surface area contributed by atoms with Crippen molar-refractivity contribution in [3.05, 3.63) is 36.2 Å². The van der Waals surface area contributed by atoms with Gasteiger partial charge in [-0.05, 0) is 123 Å². The second-order valence-corrected chi connectivity index (χ2v) is 14.3. The summed E-state index contributed by atoms with van der Waals surface area (Å²) in [5.74, 6) is 4.88. The van der Waals surface area contributed by atoms with E-state index in [1.165, 1.54) is 32.1 Å². The lowest BCUT2D eigenvalue weighted by Gasteiger charge is -2.58. The van der Waals surface area contributed by atoms with Gasteiger partial charge in [-0.2, -0.15) is 0 Å². The van der Waals surface area contributed by atoms with Crippen LogP contribution in [-0.2, 0) is 4.79 Å². The van der Waals surface area contributed by atoms with Gasteiger partial charge in [0.15, 0.2) is 0 Å². The fourth-order valence-corrected chi connectivity index (χ4v) is 10.2. The van der Waals surface area contributed by atoms with Crippen LogP contribution in [0.2, 0.25) is 0 Å². The summed E-state index contributed by atoms with van der Waals surface area (Å²) >= 11 is 0. The van der Waals surface area contributed by atoms with E-state index >= 15 is 0 Å². The van der Waals surface area contributed by atoms with Crippen LogP contribution in [0.25, 0.3) is 0 Å². The number of pyridine rings is 1. The number of amides is 1. The molecule has 214 valence electrons. The number of carbonyl (C=O) groups is 1. The van der Waals surface area contributed by atoms with E-state index in [0.29, 0.717) is 35.6 Å². The predicted octanol–water partition coefficient (Wildman–Crippen LogP) is 6.81. The topological polar surface area (TPSA) is 62.7 Å². The van der Waals surface area contributed by atoms with Gasteiger partial charge in [0, 0.05) is 25.4 Å². The van der Waals surface area contributed by atoms with Crippen LogP contribution in [0.1, 0.15) is 97.8 Å². The third-order valence-electron chi connectivity index (χ3n) is 12.3. The van der Waals surface area contributed by atoms with Gasteiger partial charge in [-0.15, -0.1) is 0 Å². The maximum Gasteiger partial charge on any atom is 0.222 e. The van der Waals surface area contributed by atoms with Crippen LogP contribution in [0.5, 0.6) is 5.75 Å². The van der Waals surface area contributed by atoms with E-state index in [9.17, 15) is 9.90 Å². The minimum Gasteiger partial charge on any atom is -0.488 e. The van der Waals surface area contributed by atoms with Crippen molar-refractivity contribution in [1.29, 1.82) is 0 Å². The normalized spacial score (nSPS) is 40.6. The average Bonchev–Trinajstić information content (AvgIpc) is 3.30. The summed E-state index contributed by atoms with van der Waals surface area (Å²) in [5, 5.41) is 10.3. The van der Waals surface area contributed by atoms with E-state index in [4.69, 9.17) is 4.74 Å². The van der Waals surface area contributed by atoms with Crippen molar-refractivity contribution in [2.45, 2.75) is 110 Å². The molecule has 4 aliphatic carbocycles. The zero-order valence-corrected chi connectivity index (χ0v) is 24.5. The largest absolute Gasteiger partial charge is 0.488 e. The number of ether oxygens (including phenoxy) is 1. The Morgan fingerprint density at radius 3 is 2.77 bits per heavy atom. The Morgan fingerprint density at radius 2 is 1.95 bits per heavy atom. The lowest BCUT2D eigenvalue weighted by atomic mass is 9.47. The van der Waals surface area contributed by atoms with Crippen LogP contribution in [0.3, 0.4) is 0 Å². The van der Waals surface area contributed by atoms with Gasteiger partial charge in [-0.1, -0.05) is 32.4 Å². The lowest BCUT2D eigenvalue weighted by molar-refractivity contribution is -0.134. The van der Waals surface area contributed by atoms with E-state index in [-0.39, 0.29) is 12.2 Å². The van der Waals surface area contributed by atoms with Crippen molar-refractivity contribution in [3.63, 3.8) is 0 Å². The molecule has 1 aromatic rings. The smallest absolute Gasteiger partial charge is 0.222 e. The van der Waals surface area contributed by atoms with Gasteiger partial charge < -0.3 is 14.7 Å². The van der Waals surface area contributed by atoms with Crippen LogP contribution in [-0.4, -0.2) is 46.2 Å². The molecule has 1 aliphatic heterocycles. The fourth-order valence-electron chi connectivity index (χ4n) is 10.2. The molecule has 0 bridgehead atoms. The van der Waals surface area contributed by atoms with Gasteiger partial charge in [0.2, 0.25) is 5.91 Å². The number of hydrogen-bond donors (Lipinski definition) is 1. The number of aliphatic hydroxyl groups is 1. The van der Waals surface area contributed by atoms with Gasteiger partial charge in [-0.3, -0.25) is 9.78 Å². The molecule has 5 nitrogen and oxygen atoms in total. The summed E-state index contributed by atoms with van der Waals surface area (Å²) in [6.07, 6.45) is 19.3. The summed E-state index contributed by atoms with van der Waals surface area (Å²) in [7, 11) is 0. The van der Waals surface area contributed by atoms with Crippen LogP contribution < -0.4 is 4.74 Å². The minimum absolute atomic E-state index is 0.0755. The van der Waals surface area contributed by atoms with Gasteiger partial charge in [-0.25, -0.2) is 0 Å². The fraction of sp³-hybridized carbons (Fsp3) is 0.765. The first-order valence-corrected chi connectivity index (χ1v) is 16.0. The standard InChI is InChI=1S/C34H50N2O3/c1-23(6-11-32(38)36-20-4-5-27(22-36)39-26-14-18-35-19-15-26)29-9-10-30-28-8-7-24-21-25(37)12-16-33(24,2)31(28)13-17-34(29,30)3/h7,14-15,18-19,23,25,27-31,37H,4-6,8-13,16-17,20-22H2,1-3H3/t23-,25+,27+,28+,29-,30+,31+,33+,34-/m1/s1. The van der Waals surface area contributed by atoms with Gasteiger partial charge in [0.25, 0.3) is 0 Å². The van der Waals surface area contributed by atoms with Crippen molar-refractivity contribution in [2.75, 3.05) is 13.1 Å². The first-order chi connectivity index (χ1) is 18.8. The van der Waals surface area contributed by atoms with Gasteiger partial charge in [0.1, 0.15) is 11.9 Å². The number of allylic oxidation sites excluding steroid dienone is 1. The highest BCUT2D eigenvalue weighted by Crippen LogP contribution is 2.67. The quantitative estimate of drug-likeness (QED) is 0.407. The molecule has 0 radical (unpaired) electrons. The molecule has 5 heteroatoms. The van der Waals surface area contributed by atoms with E-state index in [1.54, 1.807) is 18.0 Å². The zero-order chi connectivity index (χ0) is 27.2. The summed E-state index contributed by atoms with van der Waals surface area (Å²) in [6, 6.07) is 3.79. The summed E-state index contributed by atoms with van der Waals surface area (Å²) in [4.78, 5) is 19.4. The molecule has 1 amide bonds. The first-order valence-electron chi connectivity index (χ1n) is 16.0. The second-order valence-electron chi connectivity index (χ2n) is 14.3. The Labute approximate surface area is 235 Å². The number of likely N-dealkylation sites (tertiary alicyclic amines) is 1. The Morgan fingerprint density at radius 1 is 1.13 bits per heavy atom. The Kier molecular flexibility index (Phi) is 7.58. The molecule has 1 saturated heterocycles. The number of carbonyl (C=O) groups excluding carboxylic acids is 1. The third kappa shape index (κ3) is 5.06. The van der Waals surface area contributed by atoms with Crippen LogP contribution >= 0.6 is 0 Å². The third-order valence-corrected chi connectivity index (χ3v) is 12.3. The Hall–Kier alpha value is -1.88. The van der Waals surface area contributed by atoms with Crippen molar-refractivity contribution in [3.8, 4) is 5.75 Å². The van der Waals surface area contributed by atoms with Gasteiger partial charge >= 0.3 is 0 Å². The van der Waals surface area contributed by atoms with Crippen LogP contribution in [0, 0.1) is 40.4 Å². The molecular weight excluding hydrogens is 484 g/mol. The molecule has 2 heterocycles. The van der Waals surface area contributed by atoms with E-state index < -0.39 is 0 Å². The average molecular weight is 535 g/mol. The number of piperidine rings is 1. The van der Waals surface area contributed by atoms with Crippen molar-refractivity contribution < 1.29 is 14.6 Å². The monoisotopic (exact) mass is 534 g/mol. The maximum absolute atomic E-state index is 13.3. The molecule has 1 N–H and O–H groups in total. The second kappa shape index (κ2) is 10.8. The Bertz CT molecular complexity index is 1060. The molecule has 4 fully saturated rings. The molecule has 5 aliphatic rings. The molecule has 39 heavy (non-hydrogen) atoms. The van der Waals surface area contributed by atoms with Crippen molar-refractivity contribution in [2.24, 2.45) is 40.4 Å². The molecule has 1 aromatic heterocycles. The number of fused-ring (bicyclic) bond motifs is 5. The van der Waals surface area contributed by atoms with E-state index in [0.717, 1.165) is 74.5 Å². The summed E-state index contributed by atoms with van der Waals surface area (Å²) in [6.45, 7) is 9.14. The lowest BCUT2D eigenvalue weighted by Crippen LogP contribution is -2.50. The molecular formula is C34H50N2O3. The highest BCUT2D eigenvalue weighted by atomic mass is 16.5. The molecule has 3 saturated carbocycles. The number of aromatic nitrogens is 1. The number of rotatable bonds is 6. The maximum atomic E-state index is 13.3. The van der Waals surface area contributed by atoms with Gasteiger partial charge in [0.05, 0.1) is 12.6 Å². The molecule has 6 rings (SSSR count). The number of nitrogens with zero attached hydrogens (tertiary/aromatic N) is 2. The first kappa shape index (κ1) is 27.3. The highest BCUT2D eigenvalue weighted by molar-refractivity contribution is 5.76. The summed E-state index contributed by atoms with van der Waals surface area (Å²) < 4.78 is 6.15.